The zero-order valence-electron chi connectivity index (χ0n) is 7.58. The first-order chi connectivity index (χ1) is 4.77. The molecule has 0 unspecified atom stereocenters. The summed E-state index contributed by atoms with van der Waals surface area (Å²) in [5.41, 5.74) is 0. The van der Waals surface area contributed by atoms with Crippen LogP contribution in [0.2, 0.25) is 0 Å². The van der Waals surface area contributed by atoms with E-state index < -0.39 is 0 Å². The molecule has 0 amide bonds. The minimum atomic E-state index is 0. The zero-order valence-corrected chi connectivity index (χ0v) is 8.39. The molecular formula is C7H18ClN3. The molecule has 0 aliphatic carbocycles. The number of hydrogen-bond donors (Lipinski definition) is 0. The molecule has 68 valence electrons. The van der Waals surface area contributed by atoms with Gasteiger partial charge in [-0.1, -0.05) is 0 Å². The Balaban J connectivity index is 0. The van der Waals surface area contributed by atoms with Gasteiger partial charge in [-0.2, -0.15) is 10.2 Å². The van der Waals surface area contributed by atoms with Crippen molar-refractivity contribution >= 4 is 12.4 Å². The van der Waals surface area contributed by atoms with Gasteiger partial charge in [0.25, 0.3) is 0 Å². The minimum absolute atomic E-state index is 0. The third-order valence-corrected chi connectivity index (χ3v) is 1.10. The average Bonchev–Trinajstić information content (AvgIpc) is 1.87. The maximum Gasteiger partial charge on any atom is 0.0611 e. The molecule has 0 rings (SSSR count). The van der Waals surface area contributed by atoms with Gasteiger partial charge in [0.1, 0.15) is 0 Å². The van der Waals surface area contributed by atoms with E-state index in [-0.39, 0.29) is 12.4 Å². The Kier molecular flexibility index (Phi) is 12.0. The van der Waals surface area contributed by atoms with Crippen LogP contribution in [0.3, 0.4) is 0 Å². The summed E-state index contributed by atoms with van der Waals surface area (Å²) in [6.07, 6.45) is 1.11. The van der Waals surface area contributed by atoms with Crippen LogP contribution in [0.5, 0.6) is 0 Å². The van der Waals surface area contributed by atoms with Crippen LogP contribution in [-0.2, 0) is 0 Å². The van der Waals surface area contributed by atoms with Crippen LogP contribution in [0.4, 0.5) is 0 Å². The van der Waals surface area contributed by atoms with E-state index in [4.69, 9.17) is 0 Å². The highest BCUT2D eigenvalue weighted by atomic mass is 35.5. The largest absolute Gasteiger partial charge is 0.309 e. The van der Waals surface area contributed by atoms with Crippen LogP contribution < -0.4 is 0 Å². The molecule has 0 aliphatic heterocycles. The molecule has 0 aromatic rings. The standard InChI is InChI=1S/C7H17N3.ClH/c1-4-8-9-6-5-7-10(2)3;/h4-7H2,1-3H3;1H/b9-8+;. The number of nitrogens with zero attached hydrogens (tertiary/aromatic N) is 3. The molecule has 0 N–H and O–H groups in total. The highest BCUT2D eigenvalue weighted by Crippen LogP contribution is 1.84. The second-order valence-corrected chi connectivity index (χ2v) is 2.48. The van der Waals surface area contributed by atoms with Crippen LogP contribution in [0, 0.1) is 0 Å². The summed E-state index contributed by atoms with van der Waals surface area (Å²) in [7, 11) is 4.13. The predicted molar refractivity (Wildman–Crippen MR) is 50.7 cm³/mol. The first-order valence-corrected chi connectivity index (χ1v) is 3.75. The Morgan fingerprint density at radius 2 is 1.82 bits per heavy atom. The summed E-state index contributed by atoms with van der Waals surface area (Å²) in [6.45, 7) is 4.77. The van der Waals surface area contributed by atoms with Gasteiger partial charge in [0.05, 0.1) is 13.1 Å². The van der Waals surface area contributed by atoms with Crippen molar-refractivity contribution < 1.29 is 0 Å². The van der Waals surface area contributed by atoms with Gasteiger partial charge in [-0.25, -0.2) is 0 Å². The third kappa shape index (κ3) is 12.9. The van der Waals surface area contributed by atoms with Crippen molar-refractivity contribution in [1.29, 1.82) is 0 Å². The lowest BCUT2D eigenvalue weighted by Gasteiger charge is -2.05. The van der Waals surface area contributed by atoms with Gasteiger partial charge in [0, 0.05) is 0 Å². The van der Waals surface area contributed by atoms with E-state index in [0.717, 1.165) is 26.1 Å². The van der Waals surface area contributed by atoms with Gasteiger partial charge < -0.3 is 4.90 Å². The van der Waals surface area contributed by atoms with Crippen molar-refractivity contribution in [2.45, 2.75) is 13.3 Å². The quantitative estimate of drug-likeness (QED) is 0.468. The van der Waals surface area contributed by atoms with Gasteiger partial charge in [-0.15, -0.1) is 12.4 Å². The molecule has 0 saturated heterocycles. The number of rotatable bonds is 5. The van der Waals surface area contributed by atoms with Crippen molar-refractivity contribution in [2.24, 2.45) is 10.2 Å². The average molecular weight is 180 g/mol. The summed E-state index contributed by atoms with van der Waals surface area (Å²) in [5.74, 6) is 0. The molecule has 0 atom stereocenters. The highest BCUT2D eigenvalue weighted by molar-refractivity contribution is 5.85. The zero-order chi connectivity index (χ0) is 7.82. The molecule has 0 radical (unpaired) electrons. The predicted octanol–water partition coefficient (Wildman–Crippen LogP) is 1.83. The Hall–Kier alpha value is -0.150. The molecule has 0 aromatic heterocycles. The monoisotopic (exact) mass is 179 g/mol. The molecule has 0 aliphatic rings. The van der Waals surface area contributed by atoms with Gasteiger partial charge in [-0.3, -0.25) is 0 Å². The van der Waals surface area contributed by atoms with Crippen LogP contribution >= 0.6 is 12.4 Å². The molecule has 0 aromatic carbocycles. The summed E-state index contributed by atoms with van der Waals surface area (Å²) < 4.78 is 0. The molecule has 0 bridgehead atoms. The first-order valence-electron chi connectivity index (χ1n) is 3.75. The molecule has 11 heavy (non-hydrogen) atoms. The van der Waals surface area contributed by atoms with E-state index in [2.05, 4.69) is 29.2 Å². The van der Waals surface area contributed by atoms with E-state index in [1.165, 1.54) is 0 Å². The maximum atomic E-state index is 3.96. The number of hydrogen-bond acceptors (Lipinski definition) is 3. The Bertz CT molecular complexity index is 93.7. The fraction of sp³-hybridized carbons (Fsp3) is 1.00. The van der Waals surface area contributed by atoms with Crippen LogP contribution in [0.15, 0.2) is 10.2 Å². The van der Waals surface area contributed by atoms with Crippen molar-refractivity contribution in [1.82, 2.24) is 4.90 Å². The van der Waals surface area contributed by atoms with Gasteiger partial charge in [-0.05, 0) is 34.0 Å². The van der Waals surface area contributed by atoms with Gasteiger partial charge >= 0.3 is 0 Å². The fourth-order valence-electron chi connectivity index (χ4n) is 0.628. The van der Waals surface area contributed by atoms with Crippen LogP contribution in [-0.4, -0.2) is 38.6 Å². The Morgan fingerprint density at radius 1 is 1.18 bits per heavy atom. The van der Waals surface area contributed by atoms with Gasteiger partial charge in [0.2, 0.25) is 0 Å². The van der Waals surface area contributed by atoms with E-state index in [1.807, 2.05) is 6.92 Å². The lowest BCUT2D eigenvalue weighted by atomic mass is 10.4. The Labute approximate surface area is 75.3 Å². The molecular weight excluding hydrogens is 162 g/mol. The lowest BCUT2D eigenvalue weighted by Crippen LogP contribution is -2.13. The topological polar surface area (TPSA) is 28.0 Å². The van der Waals surface area contributed by atoms with Gasteiger partial charge in [0.15, 0.2) is 0 Å². The van der Waals surface area contributed by atoms with E-state index in [0.29, 0.717) is 0 Å². The number of halogens is 1. The molecule has 3 nitrogen and oxygen atoms in total. The van der Waals surface area contributed by atoms with Crippen LogP contribution in [0.25, 0.3) is 0 Å². The first kappa shape index (κ1) is 13.4. The molecule has 0 heterocycles. The van der Waals surface area contributed by atoms with Crippen molar-refractivity contribution in [2.75, 3.05) is 33.7 Å². The summed E-state index contributed by atoms with van der Waals surface area (Å²) in [5, 5.41) is 7.84. The highest BCUT2D eigenvalue weighted by Gasteiger charge is 1.87. The SMILES string of the molecule is CC/N=N/CCCN(C)C.Cl. The normalized spacial score (nSPS) is 10.5. The number of azo groups is 1. The lowest BCUT2D eigenvalue weighted by molar-refractivity contribution is 0.402. The summed E-state index contributed by atoms with van der Waals surface area (Å²) in [4.78, 5) is 2.15. The summed E-state index contributed by atoms with van der Waals surface area (Å²) >= 11 is 0. The van der Waals surface area contributed by atoms with E-state index in [9.17, 15) is 0 Å². The van der Waals surface area contributed by atoms with Crippen LogP contribution in [0.1, 0.15) is 13.3 Å². The maximum absolute atomic E-state index is 3.96. The molecule has 0 saturated carbocycles. The second-order valence-electron chi connectivity index (χ2n) is 2.48. The van der Waals surface area contributed by atoms with E-state index in [1.54, 1.807) is 0 Å². The van der Waals surface area contributed by atoms with E-state index >= 15 is 0 Å². The van der Waals surface area contributed by atoms with Crippen molar-refractivity contribution in [3.8, 4) is 0 Å². The second kappa shape index (κ2) is 9.85. The third-order valence-electron chi connectivity index (χ3n) is 1.10. The minimum Gasteiger partial charge on any atom is -0.309 e. The molecule has 0 fully saturated rings. The smallest absolute Gasteiger partial charge is 0.0611 e. The Morgan fingerprint density at radius 3 is 2.27 bits per heavy atom. The van der Waals surface area contributed by atoms with Crippen molar-refractivity contribution in [3.05, 3.63) is 0 Å². The fourth-order valence-corrected chi connectivity index (χ4v) is 0.628. The molecule has 4 heteroatoms. The van der Waals surface area contributed by atoms with Crippen molar-refractivity contribution in [3.63, 3.8) is 0 Å². The summed E-state index contributed by atoms with van der Waals surface area (Å²) in [6, 6.07) is 0. The molecule has 0 spiro atoms.